The summed E-state index contributed by atoms with van der Waals surface area (Å²) in [5, 5.41) is 3.58. The van der Waals surface area contributed by atoms with Crippen LogP contribution in [-0.4, -0.2) is 54.5 Å². The van der Waals surface area contributed by atoms with Crippen molar-refractivity contribution < 1.29 is 14.3 Å². The summed E-state index contributed by atoms with van der Waals surface area (Å²) >= 11 is 0. The van der Waals surface area contributed by atoms with E-state index in [2.05, 4.69) is 12.2 Å². The molecule has 0 aromatic heterocycles. The van der Waals surface area contributed by atoms with Gasteiger partial charge in [-0.2, -0.15) is 0 Å². The molecule has 0 aliphatic carbocycles. The molecule has 0 spiro atoms. The number of hydrogen-bond donors (Lipinski definition) is 1. The monoisotopic (exact) mass is 328 g/mol. The summed E-state index contributed by atoms with van der Waals surface area (Å²) in [7, 11) is 0. The van der Waals surface area contributed by atoms with Crippen LogP contribution in [0, 0.1) is 0 Å². The molecule has 2 unspecified atom stereocenters. The zero-order chi connectivity index (χ0) is 17.5. The van der Waals surface area contributed by atoms with Crippen LogP contribution in [0.4, 0.5) is 4.79 Å². The number of carbonyl (C=O) groups excluding carboxylic acids is 1. The van der Waals surface area contributed by atoms with E-state index in [0.29, 0.717) is 18.7 Å². The molecule has 5 nitrogen and oxygen atoms in total. The number of nitrogens with zero attached hydrogens (tertiary/aromatic N) is 1. The summed E-state index contributed by atoms with van der Waals surface area (Å²) < 4.78 is 11.3. The molecule has 1 heterocycles. The van der Waals surface area contributed by atoms with Gasteiger partial charge in [0.05, 0.1) is 6.10 Å². The first kappa shape index (κ1) is 20.2. The molecule has 0 radical (unpaired) electrons. The van der Waals surface area contributed by atoms with E-state index in [1.807, 2.05) is 34.6 Å². The zero-order valence-corrected chi connectivity index (χ0v) is 15.9. The molecular formula is C18H36N2O3. The molecule has 0 aromatic rings. The van der Waals surface area contributed by atoms with Crippen LogP contribution in [0.5, 0.6) is 0 Å². The minimum absolute atomic E-state index is 0.133. The third-order valence-corrected chi connectivity index (χ3v) is 4.01. The van der Waals surface area contributed by atoms with Crippen LogP contribution in [0.25, 0.3) is 0 Å². The summed E-state index contributed by atoms with van der Waals surface area (Å²) in [6, 6.07) is 0.627. The third-order valence-electron chi connectivity index (χ3n) is 4.01. The minimum atomic E-state index is -0.453. The molecule has 1 rings (SSSR count). The van der Waals surface area contributed by atoms with Crippen molar-refractivity contribution in [1.29, 1.82) is 0 Å². The Morgan fingerprint density at radius 1 is 1.39 bits per heavy atom. The van der Waals surface area contributed by atoms with Crippen LogP contribution in [-0.2, 0) is 9.47 Å². The highest BCUT2D eigenvalue weighted by Crippen LogP contribution is 2.18. The number of carbonyl (C=O) groups is 1. The van der Waals surface area contributed by atoms with Crippen LogP contribution < -0.4 is 5.32 Å². The van der Waals surface area contributed by atoms with E-state index in [1.165, 1.54) is 0 Å². The Morgan fingerprint density at radius 2 is 2.09 bits per heavy atom. The van der Waals surface area contributed by atoms with E-state index < -0.39 is 5.60 Å². The first-order valence-electron chi connectivity index (χ1n) is 9.07. The van der Waals surface area contributed by atoms with E-state index in [-0.39, 0.29) is 12.1 Å². The maximum atomic E-state index is 12.3. The lowest BCUT2D eigenvalue weighted by molar-refractivity contribution is -0.00450. The fraction of sp³-hybridized carbons (Fsp3) is 0.944. The molecule has 1 N–H and O–H groups in total. The summed E-state index contributed by atoms with van der Waals surface area (Å²) in [5.41, 5.74) is -0.453. The molecule has 1 amide bonds. The van der Waals surface area contributed by atoms with Gasteiger partial charge in [-0.3, -0.25) is 0 Å². The highest BCUT2D eigenvalue weighted by Gasteiger charge is 2.25. The van der Waals surface area contributed by atoms with Gasteiger partial charge in [0, 0.05) is 31.8 Å². The van der Waals surface area contributed by atoms with Crippen molar-refractivity contribution in [3.05, 3.63) is 0 Å². The van der Waals surface area contributed by atoms with Crippen LogP contribution in [0.2, 0.25) is 0 Å². The summed E-state index contributed by atoms with van der Waals surface area (Å²) in [4.78, 5) is 14.1. The standard InChI is InChI=1S/C18H36N2O3/c1-7-8-16-13-15(9-12-22-16)19-10-11-20(14(2)3)17(21)23-18(4,5)6/h14-16,19H,7-13H2,1-6H3. The lowest BCUT2D eigenvalue weighted by Gasteiger charge is -2.33. The smallest absolute Gasteiger partial charge is 0.410 e. The van der Waals surface area contributed by atoms with Crippen molar-refractivity contribution in [3.63, 3.8) is 0 Å². The molecule has 23 heavy (non-hydrogen) atoms. The van der Waals surface area contributed by atoms with E-state index in [0.717, 1.165) is 38.8 Å². The Labute approximate surface area is 142 Å². The Bertz CT molecular complexity index is 351. The Kier molecular flexibility index (Phi) is 8.34. The molecule has 1 saturated heterocycles. The average molecular weight is 328 g/mol. The number of hydrogen-bond acceptors (Lipinski definition) is 4. The summed E-state index contributed by atoms with van der Waals surface area (Å²) in [5.74, 6) is 0. The predicted molar refractivity (Wildman–Crippen MR) is 93.7 cm³/mol. The van der Waals surface area contributed by atoms with Crippen molar-refractivity contribution in [1.82, 2.24) is 10.2 Å². The second-order valence-corrected chi connectivity index (χ2v) is 7.72. The van der Waals surface area contributed by atoms with Crippen molar-refractivity contribution in [2.45, 2.75) is 91.0 Å². The second-order valence-electron chi connectivity index (χ2n) is 7.72. The summed E-state index contributed by atoms with van der Waals surface area (Å²) in [6.45, 7) is 14.2. The maximum Gasteiger partial charge on any atom is 0.410 e. The minimum Gasteiger partial charge on any atom is -0.444 e. The van der Waals surface area contributed by atoms with E-state index in [9.17, 15) is 4.79 Å². The van der Waals surface area contributed by atoms with Crippen LogP contribution in [0.15, 0.2) is 0 Å². The first-order chi connectivity index (χ1) is 10.7. The van der Waals surface area contributed by atoms with Crippen LogP contribution in [0.1, 0.15) is 67.2 Å². The Balaban J connectivity index is 2.39. The van der Waals surface area contributed by atoms with E-state index in [4.69, 9.17) is 9.47 Å². The van der Waals surface area contributed by atoms with Gasteiger partial charge in [0.15, 0.2) is 0 Å². The highest BCUT2D eigenvalue weighted by molar-refractivity contribution is 5.68. The lowest BCUT2D eigenvalue weighted by Crippen LogP contribution is -2.46. The van der Waals surface area contributed by atoms with Crippen molar-refractivity contribution in [3.8, 4) is 0 Å². The van der Waals surface area contributed by atoms with Crippen molar-refractivity contribution in [2.24, 2.45) is 0 Å². The fourth-order valence-electron chi connectivity index (χ4n) is 2.86. The Hall–Kier alpha value is -0.810. The molecule has 1 aliphatic rings. The van der Waals surface area contributed by atoms with Crippen molar-refractivity contribution >= 4 is 6.09 Å². The molecule has 1 fully saturated rings. The quantitative estimate of drug-likeness (QED) is 0.776. The molecule has 2 atom stereocenters. The van der Waals surface area contributed by atoms with Gasteiger partial charge in [0.2, 0.25) is 0 Å². The molecular weight excluding hydrogens is 292 g/mol. The summed E-state index contributed by atoms with van der Waals surface area (Å²) in [6.07, 6.45) is 4.57. The number of nitrogens with one attached hydrogen (secondary N) is 1. The van der Waals surface area contributed by atoms with E-state index in [1.54, 1.807) is 4.90 Å². The topological polar surface area (TPSA) is 50.8 Å². The van der Waals surface area contributed by atoms with E-state index >= 15 is 0 Å². The molecule has 0 aromatic carbocycles. The zero-order valence-electron chi connectivity index (χ0n) is 15.9. The molecule has 0 bridgehead atoms. The van der Waals surface area contributed by atoms with Gasteiger partial charge in [-0.25, -0.2) is 4.79 Å². The van der Waals surface area contributed by atoms with Gasteiger partial charge in [0.25, 0.3) is 0 Å². The first-order valence-corrected chi connectivity index (χ1v) is 9.07. The van der Waals surface area contributed by atoms with Crippen LogP contribution in [0.3, 0.4) is 0 Å². The van der Waals surface area contributed by atoms with Gasteiger partial charge in [-0.15, -0.1) is 0 Å². The van der Waals surface area contributed by atoms with Gasteiger partial charge >= 0.3 is 6.09 Å². The van der Waals surface area contributed by atoms with Gasteiger partial charge in [-0.05, 0) is 53.9 Å². The molecule has 136 valence electrons. The van der Waals surface area contributed by atoms with Gasteiger partial charge < -0.3 is 19.7 Å². The normalized spacial score (nSPS) is 22.2. The third kappa shape index (κ3) is 8.02. The number of rotatable bonds is 7. The molecule has 0 saturated carbocycles. The van der Waals surface area contributed by atoms with Gasteiger partial charge in [0.1, 0.15) is 5.60 Å². The second kappa shape index (κ2) is 9.48. The lowest BCUT2D eigenvalue weighted by atomic mass is 10.0. The van der Waals surface area contributed by atoms with Crippen molar-refractivity contribution in [2.75, 3.05) is 19.7 Å². The number of amides is 1. The predicted octanol–water partition coefficient (Wildman–Crippen LogP) is 3.57. The Morgan fingerprint density at radius 3 is 2.65 bits per heavy atom. The fourth-order valence-corrected chi connectivity index (χ4v) is 2.86. The molecule has 1 aliphatic heterocycles. The van der Waals surface area contributed by atoms with Crippen LogP contribution >= 0.6 is 0 Å². The van der Waals surface area contributed by atoms with Gasteiger partial charge in [-0.1, -0.05) is 13.3 Å². The highest BCUT2D eigenvalue weighted by atomic mass is 16.6. The maximum absolute atomic E-state index is 12.3. The average Bonchev–Trinajstić information content (AvgIpc) is 2.42. The number of ether oxygens (including phenoxy) is 2. The molecule has 5 heteroatoms. The SMILES string of the molecule is CCCC1CC(NCCN(C(=O)OC(C)(C)C)C(C)C)CCO1. The largest absolute Gasteiger partial charge is 0.444 e.